The van der Waals surface area contributed by atoms with Gasteiger partial charge >= 0.3 is 0 Å². The van der Waals surface area contributed by atoms with Crippen LogP contribution in [0.25, 0.3) is 0 Å². The molecule has 0 radical (unpaired) electrons. The number of aromatic nitrogens is 2. The summed E-state index contributed by atoms with van der Waals surface area (Å²) in [6, 6.07) is 5.43. The molecule has 2 aromatic rings. The Hall–Kier alpha value is -2.34. The average Bonchev–Trinajstić information content (AvgIpc) is 2.47. The van der Waals surface area contributed by atoms with E-state index in [0.717, 1.165) is 5.56 Å². The van der Waals surface area contributed by atoms with Crippen LogP contribution in [0.5, 0.6) is 0 Å². The minimum atomic E-state index is -0.0478. The van der Waals surface area contributed by atoms with Gasteiger partial charge in [-0.1, -0.05) is 22.8 Å². The molecule has 20 heavy (non-hydrogen) atoms. The van der Waals surface area contributed by atoms with Gasteiger partial charge in [-0.25, -0.2) is 4.98 Å². The third kappa shape index (κ3) is 2.97. The number of nitrogens with two attached hydrogens (primary N) is 1. The highest BCUT2D eigenvalue weighted by atomic mass is 35.5. The van der Waals surface area contributed by atoms with E-state index in [4.69, 9.17) is 22.5 Å². The van der Waals surface area contributed by atoms with Crippen molar-refractivity contribution in [3.05, 3.63) is 52.9 Å². The molecule has 0 aliphatic heterocycles. The number of pyridine rings is 2. The van der Waals surface area contributed by atoms with E-state index < -0.39 is 0 Å². The molecule has 0 aliphatic carbocycles. The first kappa shape index (κ1) is 14.1. The molecule has 6 nitrogen and oxygen atoms in total. The Morgan fingerprint density at radius 3 is 2.90 bits per heavy atom. The Morgan fingerprint density at radius 1 is 1.45 bits per heavy atom. The van der Waals surface area contributed by atoms with E-state index in [9.17, 15) is 0 Å². The Balaban J connectivity index is 2.29. The highest BCUT2D eigenvalue weighted by Gasteiger charge is 2.14. The number of rotatable bonds is 4. The van der Waals surface area contributed by atoms with Crippen LogP contribution in [0.2, 0.25) is 5.02 Å². The number of nitrogens with zero attached hydrogens (tertiary/aromatic N) is 4. The molecule has 0 saturated heterocycles. The van der Waals surface area contributed by atoms with Crippen molar-refractivity contribution in [3.63, 3.8) is 0 Å². The summed E-state index contributed by atoms with van der Waals surface area (Å²) in [4.78, 5) is 10.2. The van der Waals surface area contributed by atoms with Gasteiger partial charge in [-0.15, -0.1) is 0 Å². The maximum atomic E-state index is 8.74. The van der Waals surface area contributed by atoms with Crippen LogP contribution >= 0.6 is 11.6 Å². The lowest BCUT2D eigenvalue weighted by Crippen LogP contribution is -2.20. The Kier molecular flexibility index (Phi) is 4.37. The zero-order valence-electron chi connectivity index (χ0n) is 10.9. The summed E-state index contributed by atoms with van der Waals surface area (Å²) < 4.78 is 0. The van der Waals surface area contributed by atoms with Crippen molar-refractivity contribution in [1.29, 1.82) is 0 Å². The van der Waals surface area contributed by atoms with E-state index in [1.165, 1.54) is 0 Å². The SMILES string of the molecule is CN(Cc1cccnc1)c1nccc(/C(N)=N/O)c1Cl. The van der Waals surface area contributed by atoms with Crippen LogP contribution in [0, 0.1) is 0 Å². The summed E-state index contributed by atoms with van der Waals surface area (Å²) in [6.07, 6.45) is 5.06. The predicted molar refractivity (Wildman–Crippen MR) is 78.1 cm³/mol. The summed E-state index contributed by atoms with van der Waals surface area (Å²) in [7, 11) is 1.86. The molecule has 3 N–H and O–H groups in total. The van der Waals surface area contributed by atoms with Gasteiger partial charge < -0.3 is 15.8 Å². The van der Waals surface area contributed by atoms with Crippen molar-refractivity contribution in [2.75, 3.05) is 11.9 Å². The van der Waals surface area contributed by atoms with Crippen molar-refractivity contribution in [1.82, 2.24) is 9.97 Å². The van der Waals surface area contributed by atoms with Gasteiger partial charge in [0.1, 0.15) is 5.82 Å². The number of hydrogen-bond acceptors (Lipinski definition) is 5. The zero-order chi connectivity index (χ0) is 14.5. The van der Waals surface area contributed by atoms with Crippen molar-refractivity contribution in [3.8, 4) is 0 Å². The van der Waals surface area contributed by atoms with Crippen molar-refractivity contribution in [2.45, 2.75) is 6.54 Å². The van der Waals surface area contributed by atoms with E-state index in [2.05, 4.69) is 15.1 Å². The fraction of sp³-hybridized carbons (Fsp3) is 0.154. The number of anilines is 1. The van der Waals surface area contributed by atoms with Crippen LogP contribution in [-0.4, -0.2) is 28.1 Å². The standard InChI is InChI=1S/C13H14ClN5O/c1-19(8-9-3-2-5-16-7-9)13-11(14)10(4-6-17-13)12(15)18-20/h2-7,20H,8H2,1H3,(H2,15,18). The molecule has 0 unspecified atom stereocenters. The maximum absolute atomic E-state index is 8.74. The molecule has 104 valence electrons. The molecule has 0 aromatic carbocycles. The molecular weight excluding hydrogens is 278 g/mol. The van der Waals surface area contributed by atoms with Gasteiger partial charge in [0.25, 0.3) is 0 Å². The molecular formula is C13H14ClN5O. The number of amidine groups is 1. The highest BCUT2D eigenvalue weighted by molar-refractivity contribution is 6.36. The first-order valence-corrected chi connectivity index (χ1v) is 6.23. The van der Waals surface area contributed by atoms with Crippen LogP contribution < -0.4 is 10.6 Å². The highest BCUT2D eigenvalue weighted by Crippen LogP contribution is 2.26. The molecule has 0 amide bonds. The van der Waals surface area contributed by atoms with E-state index in [-0.39, 0.29) is 5.84 Å². The van der Waals surface area contributed by atoms with Crippen LogP contribution in [0.4, 0.5) is 5.82 Å². The number of oxime groups is 1. The molecule has 0 bridgehead atoms. The zero-order valence-corrected chi connectivity index (χ0v) is 11.6. The fourth-order valence-corrected chi connectivity index (χ4v) is 2.14. The normalized spacial score (nSPS) is 11.4. The van der Waals surface area contributed by atoms with Crippen molar-refractivity contribution in [2.24, 2.45) is 10.9 Å². The van der Waals surface area contributed by atoms with Crippen LogP contribution in [0.3, 0.4) is 0 Å². The second-order valence-electron chi connectivity index (χ2n) is 4.20. The first-order valence-electron chi connectivity index (χ1n) is 5.86. The van der Waals surface area contributed by atoms with Gasteiger partial charge in [0.05, 0.1) is 5.02 Å². The summed E-state index contributed by atoms with van der Waals surface area (Å²) in [5.74, 6) is 0.507. The van der Waals surface area contributed by atoms with Gasteiger partial charge in [-0.05, 0) is 17.7 Å². The number of hydrogen-bond donors (Lipinski definition) is 2. The van der Waals surface area contributed by atoms with E-state index in [1.807, 2.05) is 24.1 Å². The topological polar surface area (TPSA) is 87.6 Å². The third-order valence-electron chi connectivity index (χ3n) is 2.76. The van der Waals surface area contributed by atoms with E-state index >= 15 is 0 Å². The molecule has 2 aromatic heterocycles. The van der Waals surface area contributed by atoms with E-state index in [0.29, 0.717) is 22.9 Å². The largest absolute Gasteiger partial charge is 0.409 e. The van der Waals surface area contributed by atoms with E-state index in [1.54, 1.807) is 24.7 Å². The van der Waals surface area contributed by atoms with Crippen molar-refractivity contribution >= 4 is 23.3 Å². The molecule has 2 rings (SSSR count). The first-order chi connectivity index (χ1) is 9.63. The number of halogens is 1. The van der Waals surface area contributed by atoms with Gasteiger partial charge in [0, 0.05) is 37.7 Å². The molecule has 2 heterocycles. The van der Waals surface area contributed by atoms with Crippen LogP contribution in [-0.2, 0) is 6.54 Å². The van der Waals surface area contributed by atoms with Crippen LogP contribution in [0.15, 0.2) is 41.9 Å². The van der Waals surface area contributed by atoms with Gasteiger partial charge in [0.2, 0.25) is 0 Å². The second-order valence-corrected chi connectivity index (χ2v) is 4.58. The molecule has 0 fully saturated rings. The minimum Gasteiger partial charge on any atom is -0.409 e. The van der Waals surface area contributed by atoms with Gasteiger partial charge in [-0.2, -0.15) is 0 Å². The second kappa shape index (κ2) is 6.21. The Morgan fingerprint density at radius 2 is 2.25 bits per heavy atom. The summed E-state index contributed by atoms with van der Waals surface area (Å²) in [5, 5.41) is 12.0. The van der Waals surface area contributed by atoms with Gasteiger partial charge in [-0.3, -0.25) is 4.98 Å². The minimum absolute atomic E-state index is 0.0478. The van der Waals surface area contributed by atoms with Crippen molar-refractivity contribution < 1.29 is 5.21 Å². The lowest BCUT2D eigenvalue weighted by Gasteiger charge is -2.20. The summed E-state index contributed by atoms with van der Waals surface area (Å²) in [5.41, 5.74) is 7.05. The lowest BCUT2D eigenvalue weighted by molar-refractivity contribution is 0.318. The molecule has 0 aliphatic rings. The maximum Gasteiger partial charge on any atom is 0.171 e. The molecule has 0 spiro atoms. The Bertz CT molecular complexity index is 617. The summed E-state index contributed by atoms with van der Waals surface area (Å²) >= 11 is 6.25. The summed E-state index contributed by atoms with van der Waals surface area (Å²) in [6.45, 7) is 0.597. The molecule has 7 heteroatoms. The lowest BCUT2D eigenvalue weighted by atomic mass is 10.2. The third-order valence-corrected chi connectivity index (χ3v) is 3.13. The van der Waals surface area contributed by atoms with Crippen LogP contribution in [0.1, 0.15) is 11.1 Å². The smallest absolute Gasteiger partial charge is 0.171 e. The average molecular weight is 292 g/mol. The monoisotopic (exact) mass is 291 g/mol. The quantitative estimate of drug-likeness (QED) is 0.388. The molecule has 0 saturated carbocycles. The fourth-order valence-electron chi connectivity index (χ4n) is 1.79. The van der Waals surface area contributed by atoms with Gasteiger partial charge in [0.15, 0.2) is 5.84 Å². The predicted octanol–water partition coefficient (Wildman–Crippen LogP) is 1.86. The Labute approximate surface area is 121 Å². The molecule has 0 atom stereocenters.